The van der Waals surface area contributed by atoms with Gasteiger partial charge in [-0.2, -0.15) is 0 Å². The average Bonchev–Trinajstić information content (AvgIpc) is 2.82. The molecule has 0 saturated carbocycles. The van der Waals surface area contributed by atoms with Crippen LogP contribution in [0.25, 0.3) is 0 Å². The molecule has 1 atom stereocenters. The minimum atomic E-state index is -1.40. The van der Waals surface area contributed by atoms with Crippen LogP contribution >= 0.6 is 0 Å². The van der Waals surface area contributed by atoms with Gasteiger partial charge in [-0.15, -0.1) is 9.46 Å². The lowest BCUT2D eigenvalue weighted by atomic mass is 10.1. The number of rotatable bonds is 14. The van der Waals surface area contributed by atoms with Crippen LogP contribution in [0, 0.1) is 0 Å². The molecule has 2 aromatic carbocycles. The standard InChI is InChI=1S/C60H69N11O14/c1-4-37-83-38-32-64-54(76)45-28-36-69(59(81)48-20-13-22-50(72)66(48)2)34-12-11-33-68(60(82)49-21-14-23-51(73)70(49)84-39-41-16-7-5-8-17-41)35-15-29-61-52(74)43-24-26-46(67(3)57(43)79)55(77)62-30-31-63-56(78)47-27-25-44(53(75)65-45)58(80)71(47)85-40-42-18-9-6-10-19-42/h5-10,13-14,16-27,45H,4,11-12,15,28-40H2,1-3H3,(H,61,74)(H,62,77)(H,63,78)(H,64,76)(H,65,75). The Morgan fingerprint density at radius 3 is 1.71 bits per heavy atom. The highest BCUT2D eigenvalue weighted by Crippen LogP contribution is 2.13. The number of hydrogen-bond acceptors (Lipinski definition) is 14. The van der Waals surface area contributed by atoms with Crippen LogP contribution in [0.15, 0.2) is 141 Å². The zero-order valence-corrected chi connectivity index (χ0v) is 47.5. The van der Waals surface area contributed by atoms with Crippen molar-refractivity contribution in [1.82, 2.24) is 55.0 Å². The topological polar surface area (TPSA) is 302 Å². The Hall–Kier alpha value is -9.91. The monoisotopic (exact) mass is 1170 g/mol. The Kier molecular flexibility index (Phi) is 22.8. The number of nitrogens with one attached hydrogen (secondary N) is 5. The summed E-state index contributed by atoms with van der Waals surface area (Å²) >= 11 is 0. The van der Waals surface area contributed by atoms with Gasteiger partial charge in [0, 0.05) is 85.2 Å². The van der Waals surface area contributed by atoms with Gasteiger partial charge in [0.2, 0.25) is 5.91 Å². The molecule has 7 heterocycles. The molecule has 448 valence electrons. The SMILES string of the molecule is CCCOCCNC(=O)C1CCN(C(=O)c2cccc(=O)n2C)CCCCN(C(=O)c2cccc(=O)n2OCc2ccccc2)CCCNC(=O)c2ccc(n(C)c2=O)C(=O)NCCNC(=O)c2ccc(c(=O)n2OCc2ccccc2)C(=O)N1. The average molecular weight is 1170 g/mol. The zero-order chi connectivity index (χ0) is 60.8. The van der Waals surface area contributed by atoms with Crippen LogP contribution in [0.5, 0.6) is 0 Å². The zero-order valence-electron chi connectivity index (χ0n) is 47.5. The maximum absolute atomic E-state index is 14.6. The van der Waals surface area contributed by atoms with Crippen molar-refractivity contribution in [3.63, 3.8) is 0 Å². The third-order valence-corrected chi connectivity index (χ3v) is 13.7. The van der Waals surface area contributed by atoms with Gasteiger partial charge in [0.1, 0.15) is 53.2 Å². The van der Waals surface area contributed by atoms with Crippen LogP contribution in [-0.4, -0.2) is 141 Å². The summed E-state index contributed by atoms with van der Waals surface area (Å²) in [5, 5.41) is 13.3. The van der Waals surface area contributed by atoms with Crippen LogP contribution in [0.3, 0.4) is 0 Å². The van der Waals surface area contributed by atoms with Crippen LogP contribution in [-0.2, 0) is 36.8 Å². The first-order valence-corrected chi connectivity index (χ1v) is 27.9. The van der Waals surface area contributed by atoms with Gasteiger partial charge in [-0.1, -0.05) is 79.7 Å². The lowest BCUT2D eigenvalue weighted by molar-refractivity contribution is -0.123. The number of aromatic nitrogens is 4. The highest BCUT2D eigenvalue weighted by molar-refractivity contribution is 5.99. The minimum Gasteiger partial charge on any atom is -0.405 e. The summed E-state index contributed by atoms with van der Waals surface area (Å²) in [7, 11) is 2.74. The molecular formula is C60H69N11O14. The summed E-state index contributed by atoms with van der Waals surface area (Å²) in [6.45, 7) is 1.72. The first-order valence-electron chi connectivity index (χ1n) is 27.9. The Bertz CT molecular complexity index is 3600. The first kappa shape index (κ1) is 62.7. The molecule has 5 N–H and O–H groups in total. The van der Waals surface area contributed by atoms with Crippen molar-refractivity contribution in [2.75, 3.05) is 65.6 Å². The van der Waals surface area contributed by atoms with Crippen LogP contribution in [0.1, 0.15) is 113 Å². The molecule has 25 nitrogen and oxygen atoms in total. The number of benzene rings is 2. The molecule has 25 heteroatoms. The van der Waals surface area contributed by atoms with E-state index in [4.69, 9.17) is 14.4 Å². The van der Waals surface area contributed by atoms with Gasteiger partial charge < -0.3 is 59.9 Å². The van der Waals surface area contributed by atoms with E-state index in [2.05, 4.69) is 26.6 Å². The lowest BCUT2D eigenvalue weighted by Crippen LogP contribution is -2.50. The van der Waals surface area contributed by atoms with E-state index in [1.54, 1.807) is 54.6 Å². The van der Waals surface area contributed by atoms with Crippen molar-refractivity contribution in [2.24, 2.45) is 14.1 Å². The van der Waals surface area contributed by atoms with E-state index in [1.165, 1.54) is 83.1 Å². The van der Waals surface area contributed by atoms with E-state index in [9.17, 15) is 52.7 Å². The largest absolute Gasteiger partial charge is 0.405 e. The molecule has 0 radical (unpaired) electrons. The van der Waals surface area contributed by atoms with Gasteiger partial charge in [0.05, 0.1) is 6.61 Å². The molecule has 85 heavy (non-hydrogen) atoms. The number of nitrogens with zero attached hydrogens (tertiary/aromatic N) is 6. The van der Waals surface area contributed by atoms with Gasteiger partial charge in [-0.3, -0.25) is 52.7 Å². The van der Waals surface area contributed by atoms with Crippen molar-refractivity contribution in [3.8, 4) is 0 Å². The maximum Gasteiger partial charge on any atom is 0.296 e. The molecule has 0 spiro atoms. The van der Waals surface area contributed by atoms with Gasteiger partial charge in [0.25, 0.3) is 57.7 Å². The summed E-state index contributed by atoms with van der Waals surface area (Å²) in [5.74, 6) is -5.20. The Morgan fingerprint density at radius 2 is 1.06 bits per heavy atom. The maximum atomic E-state index is 14.6. The summed E-state index contributed by atoms with van der Waals surface area (Å²) < 4.78 is 9.30. The molecule has 9 rings (SSSR count). The minimum absolute atomic E-state index is 0.00816. The van der Waals surface area contributed by atoms with E-state index in [1.807, 2.05) is 13.0 Å². The fraction of sp³-hybridized carbons (Fsp3) is 0.350. The van der Waals surface area contributed by atoms with Crippen molar-refractivity contribution in [3.05, 3.63) is 208 Å². The number of fused-ring (bicyclic) bond motifs is 2. The fourth-order valence-electron chi connectivity index (χ4n) is 9.06. The van der Waals surface area contributed by atoms with Crippen LogP contribution in [0.2, 0.25) is 0 Å². The number of pyridine rings is 4. The first-order chi connectivity index (χ1) is 41.1. The lowest BCUT2D eigenvalue weighted by Gasteiger charge is -2.27. The summed E-state index contributed by atoms with van der Waals surface area (Å²) in [4.78, 5) is 167. The second-order valence-corrected chi connectivity index (χ2v) is 19.7. The molecule has 1 unspecified atom stereocenters. The van der Waals surface area contributed by atoms with Gasteiger partial charge in [0.15, 0.2) is 0 Å². The molecule has 0 saturated heterocycles. The summed E-state index contributed by atoms with van der Waals surface area (Å²) in [6.07, 6.45) is 1.11. The number of hydrogen-bond donors (Lipinski definition) is 5. The Labute approximate surface area is 488 Å². The second kappa shape index (κ2) is 30.9. The second-order valence-electron chi connectivity index (χ2n) is 19.7. The van der Waals surface area contributed by atoms with Gasteiger partial charge in [-0.25, -0.2) is 0 Å². The summed E-state index contributed by atoms with van der Waals surface area (Å²) in [6, 6.07) is 29.4. The highest BCUT2D eigenvalue weighted by atomic mass is 16.7. The summed E-state index contributed by atoms with van der Waals surface area (Å²) in [5.41, 5.74) is -2.90. The fourth-order valence-corrected chi connectivity index (χ4v) is 9.06. The third-order valence-electron chi connectivity index (χ3n) is 13.7. The van der Waals surface area contributed by atoms with E-state index in [-0.39, 0.29) is 126 Å². The van der Waals surface area contributed by atoms with Crippen molar-refractivity contribution >= 4 is 41.4 Å². The number of carbonyl (C=O) groups is 7. The highest BCUT2D eigenvalue weighted by Gasteiger charge is 2.29. The molecular weight excluding hydrogens is 1100 g/mol. The Morgan fingerprint density at radius 1 is 0.518 bits per heavy atom. The Balaban J connectivity index is 1.23. The van der Waals surface area contributed by atoms with Crippen LogP contribution in [0.4, 0.5) is 0 Å². The smallest absolute Gasteiger partial charge is 0.296 e. The molecule has 3 aliphatic rings. The number of amides is 7. The van der Waals surface area contributed by atoms with Crippen molar-refractivity contribution < 1.29 is 48.0 Å². The van der Waals surface area contributed by atoms with E-state index >= 15 is 0 Å². The predicted octanol–water partition coefficient (Wildman–Crippen LogP) is 1.05. The van der Waals surface area contributed by atoms with Crippen LogP contribution < -0.4 is 58.5 Å². The number of carbonyl (C=O) groups excluding carboxylic acids is 7. The van der Waals surface area contributed by atoms with Gasteiger partial charge >= 0.3 is 0 Å². The molecule has 7 amide bonds. The molecule has 3 aliphatic heterocycles. The van der Waals surface area contributed by atoms with Crippen molar-refractivity contribution in [1.29, 1.82) is 0 Å². The third kappa shape index (κ3) is 16.9. The van der Waals surface area contributed by atoms with E-state index in [0.717, 1.165) is 27.3 Å². The quantitative estimate of drug-likeness (QED) is 0.0954. The molecule has 0 aliphatic carbocycles. The number of ether oxygens (including phenoxy) is 1. The predicted molar refractivity (Wildman–Crippen MR) is 311 cm³/mol. The van der Waals surface area contributed by atoms with Gasteiger partial charge in [-0.05, 0) is 79.6 Å². The normalized spacial score (nSPS) is 15.2. The van der Waals surface area contributed by atoms with E-state index < -0.39 is 75.2 Å². The molecule has 4 bridgehead atoms. The molecule has 4 aromatic heterocycles. The molecule has 6 aromatic rings. The van der Waals surface area contributed by atoms with E-state index in [0.29, 0.717) is 16.9 Å². The molecule has 0 fully saturated rings. The van der Waals surface area contributed by atoms with Crippen molar-refractivity contribution in [2.45, 2.75) is 58.3 Å².